The van der Waals surface area contributed by atoms with Crippen molar-refractivity contribution in [3.8, 4) is 0 Å². The van der Waals surface area contributed by atoms with E-state index in [9.17, 15) is 4.79 Å². The fourth-order valence-electron chi connectivity index (χ4n) is 2.41. The standard InChI is InChI=1S/C17H19N3O3/c21-17(23-10-13-4-2-1-3-5-13)9-18-16-8-15(19-12-20-16)14-6-7-22-11-14/h1-5,8,12,14H,6-7,9-11H2,(H,18,19,20). The van der Waals surface area contributed by atoms with Gasteiger partial charge in [-0.25, -0.2) is 9.97 Å². The molecule has 0 spiro atoms. The van der Waals surface area contributed by atoms with Crippen molar-refractivity contribution in [2.24, 2.45) is 0 Å². The summed E-state index contributed by atoms with van der Waals surface area (Å²) in [5, 5.41) is 2.98. The van der Waals surface area contributed by atoms with Crippen LogP contribution in [0.2, 0.25) is 0 Å². The molecule has 1 aromatic heterocycles. The van der Waals surface area contributed by atoms with Crippen molar-refractivity contribution in [3.63, 3.8) is 0 Å². The molecule has 1 unspecified atom stereocenters. The van der Waals surface area contributed by atoms with Crippen LogP contribution in [0.3, 0.4) is 0 Å². The van der Waals surface area contributed by atoms with Crippen molar-refractivity contribution in [2.75, 3.05) is 25.1 Å². The number of esters is 1. The molecule has 23 heavy (non-hydrogen) atoms. The summed E-state index contributed by atoms with van der Waals surface area (Å²) in [6.07, 6.45) is 2.47. The van der Waals surface area contributed by atoms with Gasteiger partial charge in [0.05, 0.1) is 12.3 Å². The van der Waals surface area contributed by atoms with E-state index in [1.54, 1.807) is 0 Å². The molecule has 6 heteroatoms. The zero-order valence-corrected chi connectivity index (χ0v) is 12.8. The molecule has 2 heterocycles. The van der Waals surface area contributed by atoms with Crippen molar-refractivity contribution in [1.82, 2.24) is 9.97 Å². The third-order valence-corrected chi connectivity index (χ3v) is 3.69. The second-order valence-corrected chi connectivity index (χ2v) is 5.39. The first kappa shape index (κ1) is 15.4. The highest BCUT2D eigenvalue weighted by molar-refractivity contribution is 5.74. The van der Waals surface area contributed by atoms with E-state index >= 15 is 0 Å². The van der Waals surface area contributed by atoms with E-state index < -0.39 is 0 Å². The minimum atomic E-state index is -0.321. The van der Waals surface area contributed by atoms with Gasteiger partial charge in [-0.05, 0) is 12.0 Å². The Bertz CT molecular complexity index is 643. The fraction of sp³-hybridized carbons (Fsp3) is 0.353. The molecule has 6 nitrogen and oxygen atoms in total. The molecule has 1 atom stereocenters. The Kier molecular flexibility index (Phi) is 5.16. The second-order valence-electron chi connectivity index (χ2n) is 5.39. The van der Waals surface area contributed by atoms with Gasteiger partial charge in [0.15, 0.2) is 0 Å². The van der Waals surface area contributed by atoms with Crippen LogP contribution in [-0.2, 0) is 20.9 Å². The topological polar surface area (TPSA) is 73.3 Å². The molecule has 0 amide bonds. The van der Waals surface area contributed by atoms with E-state index in [0.717, 1.165) is 24.3 Å². The third kappa shape index (κ3) is 4.50. The summed E-state index contributed by atoms with van der Waals surface area (Å²) >= 11 is 0. The first-order valence-electron chi connectivity index (χ1n) is 7.64. The summed E-state index contributed by atoms with van der Waals surface area (Å²) < 4.78 is 10.6. The SMILES string of the molecule is O=C(CNc1cc(C2CCOC2)ncn1)OCc1ccccc1. The van der Waals surface area contributed by atoms with Crippen LogP contribution in [0.25, 0.3) is 0 Å². The lowest BCUT2D eigenvalue weighted by molar-refractivity contribution is -0.142. The van der Waals surface area contributed by atoms with Crippen LogP contribution < -0.4 is 5.32 Å². The molecule has 1 N–H and O–H groups in total. The first-order valence-corrected chi connectivity index (χ1v) is 7.64. The first-order chi connectivity index (χ1) is 11.3. The summed E-state index contributed by atoms with van der Waals surface area (Å²) in [5.74, 6) is 0.611. The molecule has 1 aliphatic heterocycles. The molecule has 0 saturated carbocycles. The number of carbonyl (C=O) groups excluding carboxylic acids is 1. The lowest BCUT2D eigenvalue weighted by Crippen LogP contribution is -2.17. The Labute approximate surface area is 134 Å². The lowest BCUT2D eigenvalue weighted by atomic mass is 10.1. The number of nitrogens with zero attached hydrogens (tertiary/aromatic N) is 2. The molecule has 120 valence electrons. The summed E-state index contributed by atoms with van der Waals surface area (Å²) in [6, 6.07) is 11.5. The molecule has 2 aromatic rings. The van der Waals surface area contributed by atoms with Gasteiger partial charge in [0, 0.05) is 18.6 Å². The number of rotatable bonds is 6. The minimum Gasteiger partial charge on any atom is -0.460 e. The molecule has 1 saturated heterocycles. The average Bonchev–Trinajstić information content (AvgIpc) is 3.14. The summed E-state index contributed by atoms with van der Waals surface area (Å²) in [6.45, 7) is 1.80. The van der Waals surface area contributed by atoms with Gasteiger partial charge in [-0.2, -0.15) is 0 Å². The number of benzene rings is 1. The number of ether oxygens (including phenoxy) is 2. The Hall–Kier alpha value is -2.47. The van der Waals surface area contributed by atoms with Crippen molar-refractivity contribution < 1.29 is 14.3 Å². The highest BCUT2D eigenvalue weighted by Crippen LogP contribution is 2.24. The van der Waals surface area contributed by atoms with Crippen LogP contribution in [-0.4, -0.2) is 35.7 Å². The maximum absolute atomic E-state index is 11.8. The molecular formula is C17H19N3O3. The number of nitrogens with one attached hydrogen (secondary N) is 1. The zero-order chi connectivity index (χ0) is 15.9. The predicted octanol–water partition coefficient (Wildman–Crippen LogP) is 2.14. The Balaban J connectivity index is 1.48. The van der Waals surface area contributed by atoms with Gasteiger partial charge in [0.25, 0.3) is 0 Å². The van der Waals surface area contributed by atoms with Gasteiger partial charge >= 0.3 is 5.97 Å². The predicted molar refractivity (Wildman–Crippen MR) is 84.9 cm³/mol. The maximum Gasteiger partial charge on any atom is 0.325 e. The normalized spacial score (nSPS) is 17.0. The average molecular weight is 313 g/mol. The highest BCUT2D eigenvalue weighted by atomic mass is 16.5. The smallest absolute Gasteiger partial charge is 0.325 e. The van der Waals surface area contributed by atoms with E-state index in [4.69, 9.17) is 9.47 Å². The van der Waals surface area contributed by atoms with Crippen molar-refractivity contribution in [3.05, 3.63) is 54.0 Å². The molecule has 0 bridgehead atoms. The van der Waals surface area contributed by atoms with E-state index in [2.05, 4.69) is 15.3 Å². The zero-order valence-electron chi connectivity index (χ0n) is 12.8. The molecule has 1 fully saturated rings. The van der Waals surface area contributed by atoms with Gasteiger partial charge in [-0.15, -0.1) is 0 Å². The Morgan fingerprint density at radius 2 is 2.17 bits per heavy atom. The van der Waals surface area contributed by atoms with E-state index in [-0.39, 0.29) is 19.1 Å². The maximum atomic E-state index is 11.8. The Morgan fingerprint density at radius 3 is 2.96 bits per heavy atom. The van der Waals surface area contributed by atoms with Gasteiger partial charge in [0.1, 0.15) is 25.3 Å². The van der Waals surface area contributed by atoms with Crippen LogP contribution in [0, 0.1) is 0 Å². The highest BCUT2D eigenvalue weighted by Gasteiger charge is 2.19. The molecule has 0 radical (unpaired) electrons. The third-order valence-electron chi connectivity index (χ3n) is 3.69. The number of hydrogen-bond donors (Lipinski definition) is 1. The lowest BCUT2D eigenvalue weighted by Gasteiger charge is -2.10. The molecule has 3 rings (SSSR count). The van der Waals surface area contributed by atoms with Gasteiger partial charge < -0.3 is 14.8 Å². The monoisotopic (exact) mass is 313 g/mol. The van der Waals surface area contributed by atoms with Crippen LogP contribution >= 0.6 is 0 Å². The molecule has 0 aliphatic carbocycles. The van der Waals surface area contributed by atoms with Crippen LogP contribution in [0.1, 0.15) is 23.6 Å². The van der Waals surface area contributed by atoms with Gasteiger partial charge in [-0.1, -0.05) is 30.3 Å². The summed E-state index contributed by atoms with van der Waals surface area (Å²) in [4.78, 5) is 20.2. The number of aromatic nitrogens is 2. The number of hydrogen-bond acceptors (Lipinski definition) is 6. The van der Waals surface area contributed by atoms with E-state index in [1.807, 2.05) is 36.4 Å². The summed E-state index contributed by atoms with van der Waals surface area (Å²) in [7, 11) is 0. The van der Waals surface area contributed by atoms with E-state index in [1.165, 1.54) is 6.33 Å². The van der Waals surface area contributed by atoms with Crippen LogP contribution in [0.4, 0.5) is 5.82 Å². The molecule has 1 aromatic carbocycles. The van der Waals surface area contributed by atoms with E-state index in [0.29, 0.717) is 18.3 Å². The van der Waals surface area contributed by atoms with Crippen LogP contribution in [0.5, 0.6) is 0 Å². The second kappa shape index (κ2) is 7.69. The minimum absolute atomic E-state index is 0.0739. The molecule has 1 aliphatic rings. The number of carbonyl (C=O) groups is 1. The van der Waals surface area contributed by atoms with Gasteiger partial charge in [-0.3, -0.25) is 4.79 Å². The largest absolute Gasteiger partial charge is 0.460 e. The number of anilines is 1. The van der Waals surface area contributed by atoms with Crippen LogP contribution in [0.15, 0.2) is 42.7 Å². The summed E-state index contributed by atoms with van der Waals surface area (Å²) in [5.41, 5.74) is 1.91. The quantitative estimate of drug-likeness (QED) is 0.824. The fourth-order valence-corrected chi connectivity index (χ4v) is 2.41. The Morgan fingerprint density at radius 1 is 1.30 bits per heavy atom. The van der Waals surface area contributed by atoms with Crippen molar-refractivity contribution in [2.45, 2.75) is 18.9 Å². The van der Waals surface area contributed by atoms with Crippen molar-refractivity contribution in [1.29, 1.82) is 0 Å². The van der Waals surface area contributed by atoms with Gasteiger partial charge in [0.2, 0.25) is 0 Å². The van der Waals surface area contributed by atoms with Crippen molar-refractivity contribution >= 4 is 11.8 Å². The molecular weight excluding hydrogens is 294 g/mol.